The number of pyridine rings is 1. The van der Waals surface area contributed by atoms with E-state index in [4.69, 9.17) is 11.6 Å². The molecule has 0 unspecified atom stereocenters. The highest BCUT2D eigenvalue weighted by molar-refractivity contribution is 7.99. The third-order valence-corrected chi connectivity index (χ3v) is 4.17. The van der Waals surface area contributed by atoms with E-state index in [-0.39, 0.29) is 5.82 Å². The van der Waals surface area contributed by atoms with Gasteiger partial charge in [-0.3, -0.25) is 0 Å². The van der Waals surface area contributed by atoms with E-state index >= 15 is 0 Å². The van der Waals surface area contributed by atoms with Crippen LogP contribution in [0.2, 0.25) is 5.02 Å². The van der Waals surface area contributed by atoms with E-state index in [1.165, 1.54) is 30.7 Å². The second kappa shape index (κ2) is 6.12. The molecule has 1 heterocycles. The van der Waals surface area contributed by atoms with Crippen LogP contribution in [0.1, 0.15) is 18.4 Å². The molecule has 1 N–H and O–H groups in total. The molecular weight excluding hydrogens is 295 g/mol. The zero-order valence-corrected chi connectivity index (χ0v) is 12.3. The fourth-order valence-electron chi connectivity index (χ4n) is 1.87. The van der Waals surface area contributed by atoms with Crippen molar-refractivity contribution in [3.8, 4) is 0 Å². The molecule has 20 heavy (non-hydrogen) atoms. The highest BCUT2D eigenvalue weighted by Gasteiger charge is 2.20. The van der Waals surface area contributed by atoms with Crippen LogP contribution in [-0.2, 0) is 6.54 Å². The maximum Gasteiger partial charge on any atom is 0.124 e. The fraction of sp³-hybridized carbons (Fsp3) is 0.267. The quantitative estimate of drug-likeness (QED) is 0.892. The predicted molar refractivity (Wildman–Crippen MR) is 79.6 cm³/mol. The van der Waals surface area contributed by atoms with Crippen LogP contribution >= 0.6 is 23.4 Å². The maximum atomic E-state index is 13.7. The number of hydrogen-bond donors (Lipinski definition) is 1. The Morgan fingerprint density at radius 3 is 2.85 bits per heavy atom. The van der Waals surface area contributed by atoms with Crippen LogP contribution in [0.15, 0.2) is 46.5 Å². The number of benzene rings is 1. The van der Waals surface area contributed by atoms with Crippen LogP contribution in [0, 0.1) is 5.82 Å². The lowest BCUT2D eigenvalue weighted by molar-refractivity contribution is 0.615. The summed E-state index contributed by atoms with van der Waals surface area (Å²) in [5, 5.41) is 4.80. The summed E-state index contributed by atoms with van der Waals surface area (Å²) in [5.41, 5.74) is 0.966. The predicted octanol–water partition coefficient (Wildman–Crippen LogP) is 4.28. The van der Waals surface area contributed by atoms with Crippen molar-refractivity contribution in [3.05, 3.63) is 52.9 Å². The first-order valence-corrected chi connectivity index (χ1v) is 7.71. The number of halogens is 2. The van der Waals surface area contributed by atoms with Gasteiger partial charge >= 0.3 is 0 Å². The molecule has 1 aliphatic rings. The Hall–Kier alpha value is -1.10. The smallest absolute Gasteiger partial charge is 0.124 e. The summed E-state index contributed by atoms with van der Waals surface area (Å²) in [6, 6.07) is 9.34. The van der Waals surface area contributed by atoms with E-state index in [2.05, 4.69) is 10.3 Å². The van der Waals surface area contributed by atoms with Crippen LogP contribution in [0.5, 0.6) is 0 Å². The summed E-state index contributed by atoms with van der Waals surface area (Å²) >= 11 is 7.24. The normalized spacial score (nSPS) is 14.5. The van der Waals surface area contributed by atoms with Gasteiger partial charge in [0.25, 0.3) is 0 Å². The van der Waals surface area contributed by atoms with Gasteiger partial charge in [-0.25, -0.2) is 9.37 Å². The first kappa shape index (κ1) is 13.9. The first-order chi connectivity index (χ1) is 9.69. The lowest BCUT2D eigenvalue weighted by Gasteiger charge is -2.07. The molecule has 1 fully saturated rings. The molecule has 2 aromatic rings. The molecular formula is C15H14ClFN2S. The van der Waals surface area contributed by atoms with Crippen LogP contribution in [0.4, 0.5) is 4.39 Å². The monoisotopic (exact) mass is 308 g/mol. The van der Waals surface area contributed by atoms with Crippen molar-refractivity contribution in [2.45, 2.75) is 35.3 Å². The topological polar surface area (TPSA) is 24.9 Å². The Morgan fingerprint density at radius 2 is 2.15 bits per heavy atom. The van der Waals surface area contributed by atoms with Gasteiger partial charge in [0.1, 0.15) is 10.8 Å². The first-order valence-electron chi connectivity index (χ1n) is 6.51. The molecule has 0 radical (unpaired) electrons. The Labute approximate surface area is 126 Å². The summed E-state index contributed by atoms with van der Waals surface area (Å²) < 4.78 is 13.7. The second-order valence-electron chi connectivity index (χ2n) is 4.87. The third-order valence-electron chi connectivity index (χ3n) is 3.03. The molecule has 5 heteroatoms. The fourth-order valence-corrected chi connectivity index (χ4v) is 2.85. The highest BCUT2D eigenvalue weighted by Crippen LogP contribution is 2.28. The number of nitrogens with one attached hydrogen (secondary N) is 1. The van der Waals surface area contributed by atoms with Gasteiger partial charge in [-0.15, -0.1) is 0 Å². The van der Waals surface area contributed by atoms with Gasteiger partial charge in [0.05, 0.1) is 5.02 Å². The Bertz CT molecular complexity index is 599. The molecule has 1 aromatic heterocycles. The third kappa shape index (κ3) is 3.95. The zero-order valence-electron chi connectivity index (χ0n) is 10.8. The minimum atomic E-state index is -0.212. The Morgan fingerprint density at radius 1 is 1.30 bits per heavy atom. The molecule has 0 amide bonds. The van der Waals surface area contributed by atoms with E-state index in [1.807, 2.05) is 12.1 Å². The summed E-state index contributed by atoms with van der Waals surface area (Å²) in [7, 11) is 0. The van der Waals surface area contributed by atoms with E-state index in [0.29, 0.717) is 17.6 Å². The maximum absolute atomic E-state index is 13.7. The van der Waals surface area contributed by atoms with Crippen LogP contribution in [-0.4, -0.2) is 11.0 Å². The molecule has 0 bridgehead atoms. The molecule has 0 saturated heterocycles. The standard InChI is InChI=1S/C15H14ClFN2S/c16-11-1-4-15(19-9-11)20-14-6-10(5-12(17)7-14)8-18-13-2-3-13/h1,4-7,9,13,18H,2-3,8H2. The van der Waals surface area contributed by atoms with Gasteiger partial charge in [-0.1, -0.05) is 23.4 Å². The number of nitrogens with zero attached hydrogens (tertiary/aromatic N) is 1. The second-order valence-corrected chi connectivity index (χ2v) is 6.40. The lowest BCUT2D eigenvalue weighted by atomic mass is 10.2. The van der Waals surface area contributed by atoms with E-state index in [9.17, 15) is 4.39 Å². The van der Waals surface area contributed by atoms with Crippen molar-refractivity contribution in [3.63, 3.8) is 0 Å². The van der Waals surface area contributed by atoms with Crippen LogP contribution in [0.3, 0.4) is 0 Å². The SMILES string of the molecule is Fc1cc(CNC2CC2)cc(Sc2ccc(Cl)cn2)c1. The molecule has 0 aliphatic heterocycles. The van der Waals surface area contributed by atoms with E-state index in [0.717, 1.165) is 15.5 Å². The van der Waals surface area contributed by atoms with Crippen LogP contribution < -0.4 is 5.32 Å². The summed E-state index contributed by atoms with van der Waals surface area (Å²) in [6.45, 7) is 0.712. The summed E-state index contributed by atoms with van der Waals surface area (Å²) in [4.78, 5) is 5.06. The van der Waals surface area contributed by atoms with E-state index < -0.39 is 0 Å². The highest BCUT2D eigenvalue weighted by atomic mass is 35.5. The largest absolute Gasteiger partial charge is 0.310 e. The van der Waals surface area contributed by atoms with E-state index in [1.54, 1.807) is 18.3 Å². The molecule has 0 spiro atoms. The van der Waals surface area contributed by atoms with Crippen molar-refractivity contribution in [2.75, 3.05) is 0 Å². The van der Waals surface area contributed by atoms with Crippen molar-refractivity contribution in [1.29, 1.82) is 0 Å². The van der Waals surface area contributed by atoms with Crippen molar-refractivity contribution in [2.24, 2.45) is 0 Å². The number of aromatic nitrogens is 1. The molecule has 3 rings (SSSR count). The average Bonchev–Trinajstić information content (AvgIpc) is 3.23. The van der Waals surface area contributed by atoms with Crippen molar-refractivity contribution >= 4 is 23.4 Å². The molecule has 1 aliphatic carbocycles. The minimum absolute atomic E-state index is 0.212. The number of hydrogen-bond acceptors (Lipinski definition) is 3. The van der Waals surface area contributed by atoms with Gasteiger partial charge in [0.15, 0.2) is 0 Å². The Kier molecular flexibility index (Phi) is 4.24. The minimum Gasteiger partial charge on any atom is -0.310 e. The zero-order chi connectivity index (χ0) is 13.9. The van der Waals surface area contributed by atoms with Gasteiger partial charge < -0.3 is 5.32 Å². The number of rotatable bonds is 5. The van der Waals surface area contributed by atoms with Gasteiger partial charge in [-0.2, -0.15) is 0 Å². The average molecular weight is 309 g/mol. The summed E-state index contributed by atoms with van der Waals surface area (Å²) in [5.74, 6) is -0.212. The van der Waals surface area contributed by atoms with Gasteiger partial charge in [0, 0.05) is 23.7 Å². The van der Waals surface area contributed by atoms with Crippen molar-refractivity contribution < 1.29 is 4.39 Å². The van der Waals surface area contributed by atoms with Gasteiger partial charge in [0.2, 0.25) is 0 Å². The molecule has 104 valence electrons. The Balaban J connectivity index is 1.72. The lowest BCUT2D eigenvalue weighted by Crippen LogP contribution is -2.15. The van der Waals surface area contributed by atoms with Crippen molar-refractivity contribution in [1.82, 2.24) is 10.3 Å². The van der Waals surface area contributed by atoms with Crippen LogP contribution in [0.25, 0.3) is 0 Å². The van der Waals surface area contributed by atoms with Gasteiger partial charge in [-0.05, 0) is 48.7 Å². The molecule has 2 nitrogen and oxygen atoms in total. The summed E-state index contributed by atoms with van der Waals surface area (Å²) in [6.07, 6.45) is 4.05. The molecule has 1 saturated carbocycles. The molecule has 1 aromatic carbocycles. The molecule has 0 atom stereocenters.